The van der Waals surface area contributed by atoms with Crippen LogP contribution in [0.1, 0.15) is 27.3 Å². The van der Waals surface area contributed by atoms with Crippen LogP contribution in [0, 0.1) is 13.8 Å². The molecule has 2 aromatic carbocycles. The first kappa shape index (κ1) is 18.7. The molecule has 0 bridgehead atoms. The van der Waals surface area contributed by atoms with E-state index in [2.05, 4.69) is 15.1 Å². The van der Waals surface area contributed by atoms with Crippen molar-refractivity contribution in [2.75, 3.05) is 7.11 Å². The Labute approximate surface area is 163 Å². The third-order valence-corrected chi connectivity index (χ3v) is 4.55. The van der Waals surface area contributed by atoms with Crippen LogP contribution >= 0.6 is 11.6 Å². The average molecular weight is 382 g/mol. The number of amides is 1. The summed E-state index contributed by atoms with van der Waals surface area (Å²) in [5.41, 5.74) is 6.74. The summed E-state index contributed by atoms with van der Waals surface area (Å²) in [4.78, 5) is 12.4. The van der Waals surface area contributed by atoms with Crippen LogP contribution < -0.4 is 10.2 Å². The summed E-state index contributed by atoms with van der Waals surface area (Å²) in [6.45, 7) is 4.04. The van der Waals surface area contributed by atoms with Gasteiger partial charge in [0, 0.05) is 22.6 Å². The zero-order valence-corrected chi connectivity index (χ0v) is 16.1. The summed E-state index contributed by atoms with van der Waals surface area (Å²) in [5.74, 6) is 0.300. The number of nitrogens with zero attached hydrogens (tertiary/aromatic N) is 2. The lowest BCUT2D eigenvalue weighted by atomic mass is 10.2. The molecule has 0 spiro atoms. The van der Waals surface area contributed by atoms with Gasteiger partial charge in [0.25, 0.3) is 5.91 Å². The molecule has 3 rings (SSSR count). The van der Waals surface area contributed by atoms with Gasteiger partial charge in [0.05, 0.1) is 23.9 Å². The maximum absolute atomic E-state index is 12.4. The molecular weight excluding hydrogens is 362 g/mol. The van der Waals surface area contributed by atoms with Crippen LogP contribution in [-0.2, 0) is 0 Å². The number of methoxy groups -OCH3 is 1. The second-order valence-corrected chi connectivity index (χ2v) is 6.46. The van der Waals surface area contributed by atoms with Crippen molar-refractivity contribution < 1.29 is 9.53 Å². The predicted octanol–water partition coefficient (Wildman–Crippen LogP) is 4.52. The van der Waals surface area contributed by atoms with E-state index < -0.39 is 0 Å². The number of benzene rings is 2. The molecule has 0 saturated heterocycles. The van der Waals surface area contributed by atoms with E-state index in [9.17, 15) is 4.79 Å². The van der Waals surface area contributed by atoms with Crippen LogP contribution in [0.3, 0.4) is 0 Å². The highest BCUT2D eigenvalue weighted by Crippen LogP contribution is 2.23. The fourth-order valence-electron chi connectivity index (χ4n) is 2.90. The molecule has 0 radical (unpaired) electrons. The van der Waals surface area contributed by atoms with E-state index in [0.717, 1.165) is 22.6 Å². The number of hydrazone groups is 1. The lowest BCUT2D eigenvalue weighted by molar-refractivity contribution is 0.0955. The van der Waals surface area contributed by atoms with E-state index in [1.54, 1.807) is 19.2 Å². The number of ether oxygens (including phenoxy) is 1. The highest BCUT2D eigenvalue weighted by atomic mass is 35.5. The van der Waals surface area contributed by atoms with Gasteiger partial charge in [-0.3, -0.25) is 4.79 Å². The van der Waals surface area contributed by atoms with E-state index in [-0.39, 0.29) is 5.91 Å². The molecule has 1 amide bonds. The third-order valence-electron chi connectivity index (χ3n) is 4.24. The maximum Gasteiger partial charge on any atom is 0.272 e. The molecular formula is C21H20ClN3O2. The molecule has 138 valence electrons. The van der Waals surface area contributed by atoms with E-state index in [0.29, 0.717) is 16.3 Å². The second kappa shape index (κ2) is 8.10. The summed E-state index contributed by atoms with van der Waals surface area (Å²) in [6, 6.07) is 16.8. The zero-order valence-electron chi connectivity index (χ0n) is 15.4. The van der Waals surface area contributed by atoms with Crippen molar-refractivity contribution in [3.8, 4) is 11.4 Å². The van der Waals surface area contributed by atoms with Crippen LogP contribution in [0.4, 0.5) is 0 Å². The number of nitrogens with one attached hydrogen (secondary N) is 1. The van der Waals surface area contributed by atoms with Crippen LogP contribution in [0.2, 0.25) is 5.02 Å². The molecule has 5 nitrogen and oxygen atoms in total. The normalized spacial score (nSPS) is 11.0. The van der Waals surface area contributed by atoms with Crippen molar-refractivity contribution in [1.82, 2.24) is 9.99 Å². The van der Waals surface area contributed by atoms with Crippen LogP contribution in [0.5, 0.6) is 5.75 Å². The number of aromatic nitrogens is 1. The first-order valence-electron chi connectivity index (χ1n) is 8.42. The van der Waals surface area contributed by atoms with Crippen molar-refractivity contribution in [3.63, 3.8) is 0 Å². The van der Waals surface area contributed by atoms with Gasteiger partial charge in [0.15, 0.2) is 0 Å². The molecule has 0 unspecified atom stereocenters. The van der Waals surface area contributed by atoms with Crippen molar-refractivity contribution in [1.29, 1.82) is 0 Å². The Morgan fingerprint density at radius 3 is 2.48 bits per heavy atom. The van der Waals surface area contributed by atoms with Gasteiger partial charge in [-0.05, 0) is 56.3 Å². The zero-order chi connectivity index (χ0) is 19.4. The maximum atomic E-state index is 12.4. The number of carbonyl (C=O) groups is 1. The minimum atomic E-state index is -0.376. The molecule has 27 heavy (non-hydrogen) atoms. The van der Waals surface area contributed by atoms with E-state index in [1.165, 1.54) is 6.21 Å². The molecule has 0 saturated carbocycles. The molecule has 0 aliphatic carbocycles. The Bertz CT molecular complexity index is 989. The number of rotatable bonds is 5. The number of para-hydroxylation sites is 1. The summed E-state index contributed by atoms with van der Waals surface area (Å²) >= 11 is 6.34. The monoisotopic (exact) mass is 381 g/mol. The molecule has 6 heteroatoms. The molecule has 0 aliphatic heterocycles. The second-order valence-electron chi connectivity index (χ2n) is 6.06. The van der Waals surface area contributed by atoms with Gasteiger partial charge in [-0.15, -0.1) is 0 Å². The quantitative estimate of drug-likeness (QED) is 0.521. The smallest absolute Gasteiger partial charge is 0.272 e. The fourth-order valence-corrected chi connectivity index (χ4v) is 3.16. The molecule has 3 aromatic rings. The lowest BCUT2D eigenvalue weighted by Gasteiger charge is -2.11. The minimum Gasteiger partial charge on any atom is -0.496 e. The molecule has 0 fully saturated rings. The van der Waals surface area contributed by atoms with Crippen LogP contribution in [0.25, 0.3) is 5.69 Å². The Morgan fingerprint density at radius 2 is 1.81 bits per heavy atom. The van der Waals surface area contributed by atoms with E-state index >= 15 is 0 Å². The summed E-state index contributed by atoms with van der Waals surface area (Å²) in [5, 5.41) is 4.37. The van der Waals surface area contributed by atoms with E-state index in [1.807, 2.05) is 56.3 Å². The largest absolute Gasteiger partial charge is 0.496 e. The molecule has 1 heterocycles. The first-order chi connectivity index (χ1) is 13.0. The number of carbonyl (C=O) groups excluding carboxylic acids is 1. The predicted molar refractivity (Wildman–Crippen MR) is 108 cm³/mol. The van der Waals surface area contributed by atoms with E-state index in [4.69, 9.17) is 16.3 Å². The molecule has 1 aromatic heterocycles. The lowest BCUT2D eigenvalue weighted by Crippen LogP contribution is -2.18. The number of halogens is 1. The van der Waals surface area contributed by atoms with Gasteiger partial charge < -0.3 is 9.30 Å². The van der Waals surface area contributed by atoms with Crippen molar-refractivity contribution in [2.24, 2.45) is 5.10 Å². The summed E-state index contributed by atoms with van der Waals surface area (Å²) in [6.07, 6.45) is 1.53. The number of hydrogen-bond acceptors (Lipinski definition) is 3. The van der Waals surface area contributed by atoms with Crippen molar-refractivity contribution in [2.45, 2.75) is 13.8 Å². The van der Waals surface area contributed by atoms with Crippen molar-refractivity contribution >= 4 is 23.7 Å². The van der Waals surface area contributed by atoms with Crippen LogP contribution in [0.15, 0.2) is 59.7 Å². The highest BCUT2D eigenvalue weighted by Gasteiger charge is 2.12. The number of hydrogen-bond donors (Lipinski definition) is 1. The van der Waals surface area contributed by atoms with Gasteiger partial charge in [-0.2, -0.15) is 5.10 Å². The number of aryl methyl sites for hydroxylation is 2. The minimum absolute atomic E-state index is 0.361. The summed E-state index contributed by atoms with van der Waals surface area (Å²) in [7, 11) is 1.58. The highest BCUT2D eigenvalue weighted by molar-refractivity contribution is 6.34. The van der Waals surface area contributed by atoms with Gasteiger partial charge >= 0.3 is 0 Å². The van der Waals surface area contributed by atoms with Gasteiger partial charge in [0.2, 0.25) is 0 Å². The summed E-state index contributed by atoms with van der Waals surface area (Å²) < 4.78 is 7.32. The molecule has 0 aliphatic rings. The Kier molecular flexibility index (Phi) is 5.62. The standard InChI is InChI=1S/C21H20ClN3O2/c1-14-8-9-15(2)25(14)17-10-11-18(19(22)12-17)21(26)24-23-13-16-6-4-5-7-20(16)27-3/h4-13H,1-3H3,(H,24,26)/b23-13-. The molecule has 1 N–H and O–H groups in total. The first-order valence-corrected chi connectivity index (χ1v) is 8.80. The SMILES string of the molecule is COc1ccccc1/C=N\NC(=O)c1ccc(-n2c(C)ccc2C)cc1Cl. The topological polar surface area (TPSA) is 55.6 Å². The van der Waals surface area contributed by atoms with Gasteiger partial charge in [0.1, 0.15) is 5.75 Å². The Hall–Kier alpha value is -3.05. The average Bonchev–Trinajstić information content (AvgIpc) is 3.00. The fraction of sp³-hybridized carbons (Fsp3) is 0.143. The van der Waals surface area contributed by atoms with Crippen LogP contribution in [-0.4, -0.2) is 23.8 Å². The molecule has 0 atom stereocenters. The van der Waals surface area contributed by atoms with Gasteiger partial charge in [-0.1, -0.05) is 23.7 Å². The third kappa shape index (κ3) is 4.04. The Morgan fingerprint density at radius 1 is 1.11 bits per heavy atom. The Balaban J connectivity index is 1.77. The van der Waals surface area contributed by atoms with Gasteiger partial charge in [-0.25, -0.2) is 5.43 Å². The van der Waals surface area contributed by atoms with Crippen molar-refractivity contribution in [3.05, 3.63) is 82.1 Å².